The monoisotopic (exact) mass is 402 g/mol. The molecule has 6 nitrogen and oxygen atoms in total. The summed E-state index contributed by atoms with van der Waals surface area (Å²) in [6, 6.07) is 14.0. The number of aryl methyl sites for hydroxylation is 2. The molecule has 0 aliphatic carbocycles. The third-order valence-corrected chi connectivity index (χ3v) is 5.33. The predicted molar refractivity (Wildman–Crippen MR) is 119 cm³/mol. The van der Waals surface area contributed by atoms with Crippen LogP contribution in [0.25, 0.3) is 21.9 Å². The summed E-state index contributed by atoms with van der Waals surface area (Å²) in [5.74, 6) is 0.472. The number of hydrogen-bond acceptors (Lipinski definition) is 4. The lowest BCUT2D eigenvalue weighted by Gasteiger charge is -2.14. The molecule has 2 N–H and O–H groups in total. The molecule has 4 rings (SSSR count). The molecule has 0 bridgehead atoms. The molecule has 0 aliphatic heterocycles. The van der Waals surface area contributed by atoms with Crippen LogP contribution in [0.4, 0.5) is 0 Å². The van der Waals surface area contributed by atoms with Gasteiger partial charge in [-0.05, 0) is 43.5 Å². The maximum absolute atomic E-state index is 12.5. The van der Waals surface area contributed by atoms with Crippen LogP contribution in [-0.2, 0) is 17.6 Å². The standard InChI is InChI=1S/C24H26N4O2/c1-15-7-6-8-18-17(14-25-23(15)18)13-16(2)26-22(29)12-11-21-24(30-3)28-20-10-5-4-9-19(20)27-21/h4-10,14,16,25H,11-13H2,1-3H3,(H,26,29). The number of hydrogen-bond donors (Lipinski definition) is 2. The number of fused-ring (bicyclic) bond motifs is 2. The number of nitrogens with zero attached hydrogens (tertiary/aromatic N) is 2. The molecule has 0 radical (unpaired) electrons. The van der Waals surface area contributed by atoms with E-state index in [1.54, 1.807) is 7.11 Å². The zero-order chi connectivity index (χ0) is 21.1. The number of methoxy groups -OCH3 is 1. The first-order valence-corrected chi connectivity index (χ1v) is 10.2. The van der Waals surface area contributed by atoms with Crippen LogP contribution in [0, 0.1) is 6.92 Å². The van der Waals surface area contributed by atoms with E-state index < -0.39 is 0 Å². The number of H-pyrrole nitrogens is 1. The Morgan fingerprint density at radius 2 is 1.90 bits per heavy atom. The van der Waals surface area contributed by atoms with Gasteiger partial charge >= 0.3 is 0 Å². The van der Waals surface area contributed by atoms with Gasteiger partial charge in [0.15, 0.2) is 0 Å². The van der Waals surface area contributed by atoms with E-state index in [4.69, 9.17) is 4.74 Å². The molecule has 1 amide bonds. The summed E-state index contributed by atoms with van der Waals surface area (Å²) in [5, 5.41) is 4.32. The zero-order valence-electron chi connectivity index (χ0n) is 17.5. The van der Waals surface area contributed by atoms with Gasteiger partial charge in [-0.3, -0.25) is 4.79 Å². The number of aromatic amines is 1. The van der Waals surface area contributed by atoms with Crippen molar-refractivity contribution < 1.29 is 9.53 Å². The van der Waals surface area contributed by atoms with Gasteiger partial charge < -0.3 is 15.0 Å². The van der Waals surface area contributed by atoms with Gasteiger partial charge in [0, 0.05) is 36.0 Å². The van der Waals surface area contributed by atoms with Gasteiger partial charge in [0.05, 0.1) is 18.1 Å². The molecule has 0 saturated carbocycles. The lowest BCUT2D eigenvalue weighted by Crippen LogP contribution is -2.34. The van der Waals surface area contributed by atoms with Crippen molar-refractivity contribution in [1.82, 2.24) is 20.3 Å². The van der Waals surface area contributed by atoms with E-state index in [1.807, 2.05) is 37.4 Å². The molecule has 0 aliphatic rings. The highest BCUT2D eigenvalue weighted by Crippen LogP contribution is 2.23. The molecule has 6 heteroatoms. The smallest absolute Gasteiger partial charge is 0.235 e. The van der Waals surface area contributed by atoms with Crippen molar-refractivity contribution in [3.63, 3.8) is 0 Å². The Kier molecular flexibility index (Phi) is 5.65. The topological polar surface area (TPSA) is 79.9 Å². The minimum absolute atomic E-state index is 0.00414. The van der Waals surface area contributed by atoms with E-state index >= 15 is 0 Å². The quantitative estimate of drug-likeness (QED) is 0.488. The van der Waals surface area contributed by atoms with Gasteiger partial charge in [-0.2, -0.15) is 0 Å². The Bertz CT molecular complexity index is 1200. The summed E-state index contributed by atoms with van der Waals surface area (Å²) in [5.41, 5.74) is 5.88. The lowest BCUT2D eigenvalue weighted by molar-refractivity contribution is -0.121. The first-order chi connectivity index (χ1) is 14.5. The second-order valence-corrected chi connectivity index (χ2v) is 7.65. The van der Waals surface area contributed by atoms with Crippen LogP contribution in [0.2, 0.25) is 0 Å². The number of benzene rings is 2. The van der Waals surface area contributed by atoms with E-state index in [0.29, 0.717) is 24.4 Å². The molecule has 2 heterocycles. The number of para-hydroxylation sites is 3. The van der Waals surface area contributed by atoms with Gasteiger partial charge in [-0.1, -0.05) is 30.3 Å². The molecule has 2 aromatic carbocycles. The van der Waals surface area contributed by atoms with Crippen LogP contribution in [-0.4, -0.2) is 34.0 Å². The van der Waals surface area contributed by atoms with Crippen molar-refractivity contribution in [2.75, 3.05) is 7.11 Å². The van der Waals surface area contributed by atoms with E-state index in [1.165, 1.54) is 16.5 Å². The molecule has 1 unspecified atom stereocenters. The van der Waals surface area contributed by atoms with Gasteiger partial charge in [0.25, 0.3) is 0 Å². The molecular formula is C24H26N4O2. The number of nitrogens with one attached hydrogen (secondary N) is 2. The minimum atomic E-state index is -0.00414. The van der Waals surface area contributed by atoms with Crippen LogP contribution in [0.1, 0.15) is 30.2 Å². The maximum Gasteiger partial charge on any atom is 0.235 e. The molecule has 30 heavy (non-hydrogen) atoms. The normalized spacial score (nSPS) is 12.2. The van der Waals surface area contributed by atoms with Crippen LogP contribution in [0.15, 0.2) is 48.7 Å². The predicted octanol–water partition coefficient (Wildman–Crippen LogP) is 4.11. The van der Waals surface area contributed by atoms with Crippen molar-refractivity contribution in [3.8, 4) is 5.88 Å². The van der Waals surface area contributed by atoms with Crippen molar-refractivity contribution in [1.29, 1.82) is 0 Å². The number of rotatable bonds is 7. The average molecular weight is 402 g/mol. The summed E-state index contributed by atoms with van der Waals surface area (Å²) < 4.78 is 5.38. The molecule has 154 valence electrons. The van der Waals surface area contributed by atoms with Crippen LogP contribution >= 0.6 is 0 Å². The molecule has 0 spiro atoms. The Hall–Kier alpha value is -3.41. The van der Waals surface area contributed by atoms with Crippen molar-refractivity contribution >= 4 is 27.8 Å². The molecule has 0 saturated heterocycles. The van der Waals surface area contributed by atoms with Gasteiger partial charge in [0.1, 0.15) is 5.69 Å². The minimum Gasteiger partial charge on any atom is -0.480 e. The van der Waals surface area contributed by atoms with Crippen molar-refractivity contribution in [3.05, 3.63) is 65.5 Å². The summed E-state index contributed by atoms with van der Waals surface area (Å²) in [7, 11) is 1.58. The largest absolute Gasteiger partial charge is 0.480 e. The Morgan fingerprint density at radius 1 is 1.13 bits per heavy atom. The third kappa shape index (κ3) is 4.13. The fraction of sp³-hybridized carbons (Fsp3) is 0.292. The first-order valence-electron chi connectivity index (χ1n) is 10.2. The molecule has 2 aromatic heterocycles. The lowest BCUT2D eigenvalue weighted by atomic mass is 10.0. The fourth-order valence-electron chi connectivity index (χ4n) is 3.84. The number of carbonyl (C=O) groups excluding carboxylic acids is 1. The van der Waals surface area contributed by atoms with Gasteiger partial charge in [-0.15, -0.1) is 0 Å². The van der Waals surface area contributed by atoms with E-state index in [2.05, 4.69) is 45.4 Å². The molecule has 4 aromatic rings. The summed E-state index contributed by atoms with van der Waals surface area (Å²) >= 11 is 0. The molecular weight excluding hydrogens is 376 g/mol. The van der Waals surface area contributed by atoms with E-state index in [0.717, 1.165) is 23.0 Å². The average Bonchev–Trinajstić information content (AvgIpc) is 3.15. The Morgan fingerprint density at radius 3 is 2.67 bits per heavy atom. The molecule has 1 atom stereocenters. The number of ether oxygens (including phenoxy) is 1. The Balaban J connectivity index is 1.38. The van der Waals surface area contributed by atoms with Crippen molar-refractivity contribution in [2.45, 2.75) is 39.2 Å². The van der Waals surface area contributed by atoms with Gasteiger partial charge in [0.2, 0.25) is 11.8 Å². The summed E-state index contributed by atoms with van der Waals surface area (Å²) in [4.78, 5) is 25.0. The number of aromatic nitrogens is 3. The summed E-state index contributed by atoms with van der Waals surface area (Å²) in [6.07, 6.45) is 3.62. The van der Waals surface area contributed by atoms with Crippen LogP contribution in [0.5, 0.6) is 5.88 Å². The number of amides is 1. The fourth-order valence-corrected chi connectivity index (χ4v) is 3.84. The highest BCUT2D eigenvalue weighted by Gasteiger charge is 2.14. The van der Waals surface area contributed by atoms with E-state index in [-0.39, 0.29) is 11.9 Å². The van der Waals surface area contributed by atoms with Crippen LogP contribution < -0.4 is 10.1 Å². The van der Waals surface area contributed by atoms with Gasteiger partial charge in [-0.25, -0.2) is 9.97 Å². The zero-order valence-corrected chi connectivity index (χ0v) is 17.5. The Labute approximate surface area is 175 Å². The second kappa shape index (κ2) is 8.53. The second-order valence-electron chi connectivity index (χ2n) is 7.65. The summed E-state index contributed by atoms with van der Waals surface area (Å²) in [6.45, 7) is 4.13. The SMILES string of the molecule is COc1nc2ccccc2nc1CCC(=O)NC(C)Cc1c[nH]c2c(C)cccc12. The van der Waals surface area contributed by atoms with E-state index in [9.17, 15) is 4.79 Å². The maximum atomic E-state index is 12.5. The third-order valence-electron chi connectivity index (χ3n) is 5.33. The van der Waals surface area contributed by atoms with Crippen molar-refractivity contribution in [2.24, 2.45) is 0 Å². The number of carbonyl (C=O) groups is 1. The van der Waals surface area contributed by atoms with Crippen LogP contribution in [0.3, 0.4) is 0 Å². The first kappa shape index (κ1) is 19.9. The highest BCUT2D eigenvalue weighted by atomic mass is 16.5. The highest BCUT2D eigenvalue weighted by molar-refractivity contribution is 5.86. The molecule has 0 fully saturated rings.